The van der Waals surface area contributed by atoms with Crippen molar-refractivity contribution < 1.29 is 42.9 Å². The molecule has 67 heavy (non-hydrogen) atoms. The molecule has 0 saturated carbocycles. The number of nitrogens with zero attached hydrogens (tertiary/aromatic N) is 1. The first kappa shape index (κ1) is 64.2. The Hall–Kier alpha value is -2.75. The van der Waals surface area contributed by atoms with Crippen LogP contribution in [-0.2, 0) is 33.3 Å². The maximum atomic E-state index is 12.8. The van der Waals surface area contributed by atoms with Gasteiger partial charge in [-0.1, -0.05) is 229 Å². The van der Waals surface area contributed by atoms with Crippen LogP contribution in [0.2, 0.25) is 0 Å². The van der Waals surface area contributed by atoms with Gasteiger partial charge in [-0.25, -0.2) is 4.79 Å². The first-order valence-corrected chi connectivity index (χ1v) is 27.8. The van der Waals surface area contributed by atoms with Crippen molar-refractivity contribution in [2.75, 3.05) is 47.5 Å². The van der Waals surface area contributed by atoms with Gasteiger partial charge < -0.3 is 28.5 Å². The summed E-state index contributed by atoms with van der Waals surface area (Å²) in [5, 5.41) is 9.67. The van der Waals surface area contributed by atoms with E-state index in [-0.39, 0.29) is 32.2 Å². The van der Waals surface area contributed by atoms with Crippen molar-refractivity contribution in [3.63, 3.8) is 0 Å². The largest absolute Gasteiger partial charge is 0.477 e. The van der Waals surface area contributed by atoms with Gasteiger partial charge in [0.05, 0.1) is 34.4 Å². The molecule has 0 aromatic rings. The van der Waals surface area contributed by atoms with Crippen LogP contribution in [0.5, 0.6) is 0 Å². The molecule has 0 aliphatic heterocycles. The fourth-order valence-corrected chi connectivity index (χ4v) is 7.83. The van der Waals surface area contributed by atoms with Crippen LogP contribution in [0.1, 0.15) is 245 Å². The molecule has 0 saturated heterocycles. The number of allylic oxidation sites excluding steroid dienone is 8. The summed E-state index contributed by atoms with van der Waals surface area (Å²) < 4.78 is 22.8. The molecule has 0 aromatic carbocycles. The lowest BCUT2D eigenvalue weighted by Gasteiger charge is -2.25. The molecule has 0 aliphatic carbocycles. The summed E-state index contributed by atoms with van der Waals surface area (Å²) in [4.78, 5) is 37.2. The van der Waals surface area contributed by atoms with Crippen LogP contribution in [0.15, 0.2) is 48.6 Å². The molecule has 1 N–H and O–H groups in total. The maximum absolute atomic E-state index is 12.8. The van der Waals surface area contributed by atoms with Crippen molar-refractivity contribution in [3.8, 4) is 0 Å². The van der Waals surface area contributed by atoms with E-state index in [0.29, 0.717) is 17.4 Å². The van der Waals surface area contributed by atoms with E-state index in [0.717, 1.165) is 64.2 Å². The van der Waals surface area contributed by atoms with Crippen molar-refractivity contribution in [1.82, 2.24) is 0 Å². The van der Waals surface area contributed by atoms with Gasteiger partial charge in [-0.3, -0.25) is 9.59 Å². The van der Waals surface area contributed by atoms with E-state index in [2.05, 4.69) is 62.5 Å². The van der Waals surface area contributed by atoms with Crippen LogP contribution in [0.3, 0.4) is 0 Å². The zero-order valence-electron chi connectivity index (χ0n) is 44.3. The van der Waals surface area contributed by atoms with Gasteiger partial charge in [-0.2, -0.15) is 0 Å². The SMILES string of the molecule is CC/C=C\C/C=C\C/C=C\C/C=C\CCCCCCCCCCCCCCCCCCCCC(=O)OC(COC(=O)CCCCCCCCCCCCC)COC(OCC[N+](C)(C)C)C(=O)O. The third-order valence-electron chi connectivity index (χ3n) is 12.1. The van der Waals surface area contributed by atoms with Gasteiger partial charge in [0.2, 0.25) is 0 Å². The number of carboxylic acid groups (broad SMARTS) is 1. The summed E-state index contributed by atoms with van der Waals surface area (Å²) in [6.07, 6.45) is 57.7. The van der Waals surface area contributed by atoms with Crippen molar-refractivity contribution in [3.05, 3.63) is 48.6 Å². The van der Waals surface area contributed by atoms with Gasteiger partial charge in [0.15, 0.2) is 6.10 Å². The standard InChI is InChI=1S/C58H105NO8/c1-6-8-10-12-14-16-18-19-20-21-22-23-24-25-26-27-28-29-30-31-32-33-34-35-36-37-39-41-43-45-47-49-56(61)67-54(53-66-58(57(62)63)64-51-50-59(3,4)5)52-65-55(60)48-46-44-42-40-38-17-15-13-11-9-7-2/h8,10,14,16,19-20,22-23,54,58H,6-7,9,11-13,15,17-18,21,24-53H2,1-5H3/p+1/b10-8-,16-14-,20-19-,23-22-. The predicted molar refractivity (Wildman–Crippen MR) is 281 cm³/mol. The molecule has 0 heterocycles. The summed E-state index contributed by atoms with van der Waals surface area (Å²) in [6.45, 7) is 4.77. The normalized spacial score (nSPS) is 13.1. The molecule has 0 aliphatic rings. The minimum Gasteiger partial charge on any atom is -0.477 e. The van der Waals surface area contributed by atoms with Gasteiger partial charge in [0.1, 0.15) is 13.2 Å². The monoisotopic (exact) mass is 945 g/mol. The highest BCUT2D eigenvalue weighted by atomic mass is 16.7. The second kappa shape index (κ2) is 49.7. The number of rotatable bonds is 51. The van der Waals surface area contributed by atoms with E-state index >= 15 is 0 Å². The quantitative estimate of drug-likeness (QED) is 0.0211. The zero-order chi connectivity index (χ0) is 49.2. The lowest BCUT2D eigenvalue weighted by atomic mass is 10.0. The van der Waals surface area contributed by atoms with Gasteiger partial charge in [-0.05, 0) is 51.4 Å². The molecule has 2 atom stereocenters. The van der Waals surface area contributed by atoms with Gasteiger partial charge >= 0.3 is 17.9 Å². The molecule has 0 rings (SSSR count). The van der Waals surface area contributed by atoms with E-state index in [1.54, 1.807) is 0 Å². The van der Waals surface area contributed by atoms with E-state index in [4.69, 9.17) is 18.9 Å². The minimum absolute atomic E-state index is 0.178. The summed E-state index contributed by atoms with van der Waals surface area (Å²) in [5.41, 5.74) is 0. The maximum Gasteiger partial charge on any atom is 0.361 e. The molecule has 9 heteroatoms. The lowest BCUT2D eigenvalue weighted by Crippen LogP contribution is -2.40. The third kappa shape index (κ3) is 50.9. The molecule has 390 valence electrons. The van der Waals surface area contributed by atoms with E-state index in [9.17, 15) is 19.5 Å². The number of hydrogen-bond acceptors (Lipinski definition) is 7. The molecule has 0 aromatic heterocycles. The average Bonchev–Trinajstić information content (AvgIpc) is 3.29. The Labute approximate surface area is 412 Å². The van der Waals surface area contributed by atoms with Crippen molar-refractivity contribution in [1.29, 1.82) is 0 Å². The first-order chi connectivity index (χ1) is 32.6. The Bertz CT molecular complexity index is 1240. The summed E-state index contributed by atoms with van der Waals surface area (Å²) in [5.74, 6) is -1.99. The Balaban J connectivity index is 4.08. The molecule has 2 unspecified atom stereocenters. The van der Waals surface area contributed by atoms with E-state index < -0.39 is 24.3 Å². The second-order valence-corrected chi connectivity index (χ2v) is 19.9. The predicted octanol–water partition coefficient (Wildman–Crippen LogP) is 15.9. The topological polar surface area (TPSA) is 108 Å². The smallest absolute Gasteiger partial charge is 0.361 e. The van der Waals surface area contributed by atoms with E-state index in [1.807, 2.05) is 21.1 Å². The Morgan fingerprint density at radius 3 is 1.27 bits per heavy atom. The highest BCUT2D eigenvalue weighted by molar-refractivity contribution is 5.71. The number of carbonyl (C=O) groups excluding carboxylic acids is 2. The Kier molecular flexibility index (Phi) is 47.6. The second-order valence-electron chi connectivity index (χ2n) is 19.9. The van der Waals surface area contributed by atoms with Crippen molar-refractivity contribution in [2.24, 2.45) is 0 Å². The number of unbranched alkanes of at least 4 members (excludes halogenated alkanes) is 28. The fraction of sp³-hybridized carbons (Fsp3) is 0.810. The van der Waals surface area contributed by atoms with Gasteiger partial charge in [0.25, 0.3) is 6.29 Å². The first-order valence-electron chi connectivity index (χ1n) is 27.8. The highest BCUT2D eigenvalue weighted by Crippen LogP contribution is 2.17. The number of carbonyl (C=O) groups is 3. The Morgan fingerprint density at radius 1 is 0.463 bits per heavy atom. The van der Waals surface area contributed by atoms with Crippen molar-refractivity contribution >= 4 is 17.9 Å². The van der Waals surface area contributed by atoms with Crippen LogP contribution in [0.4, 0.5) is 0 Å². The molecular weight excluding hydrogens is 839 g/mol. The van der Waals surface area contributed by atoms with Crippen LogP contribution in [0.25, 0.3) is 0 Å². The summed E-state index contributed by atoms with van der Waals surface area (Å²) in [7, 11) is 5.97. The zero-order valence-corrected chi connectivity index (χ0v) is 44.3. The number of hydrogen-bond donors (Lipinski definition) is 1. The van der Waals surface area contributed by atoms with Gasteiger partial charge in [0, 0.05) is 12.8 Å². The Morgan fingerprint density at radius 2 is 0.851 bits per heavy atom. The average molecular weight is 945 g/mol. The molecule has 0 fully saturated rings. The van der Waals surface area contributed by atoms with Crippen molar-refractivity contribution in [2.45, 2.75) is 257 Å². The number of likely N-dealkylation sites (N-methyl/N-ethyl adjacent to an activating group) is 1. The lowest BCUT2D eigenvalue weighted by molar-refractivity contribution is -0.870. The number of carboxylic acids is 1. The highest BCUT2D eigenvalue weighted by Gasteiger charge is 2.25. The minimum atomic E-state index is -1.51. The van der Waals surface area contributed by atoms with Crippen LogP contribution in [0, 0.1) is 0 Å². The molecule has 0 spiro atoms. The molecule has 0 amide bonds. The third-order valence-corrected chi connectivity index (χ3v) is 12.1. The number of quaternary nitrogens is 1. The van der Waals surface area contributed by atoms with E-state index in [1.165, 1.54) is 154 Å². The number of aliphatic carboxylic acids is 1. The summed E-state index contributed by atoms with van der Waals surface area (Å²) >= 11 is 0. The molecular formula is C58H106NO8+. The van der Waals surface area contributed by atoms with Crippen LogP contribution < -0.4 is 0 Å². The number of ether oxygens (including phenoxy) is 4. The fourth-order valence-electron chi connectivity index (χ4n) is 7.83. The van der Waals surface area contributed by atoms with Crippen LogP contribution >= 0.6 is 0 Å². The number of esters is 2. The molecule has 9 nitrogen and oxygen atoms in total. The van der Waals surface area contributed by atoms with Crippen LogP contribution in [-0.4, -0.2) is 87.4 Å². The van der Waals surface area contributed by atoms with Gasteiger partial charge in [-0.15, -0.1) is 0 Å². The molecule has 0 bridgehead atoms. The molecule has 0 radical (unpaired) electrons. The summed E-state index contributed by atoms with van der Waals surface area (Å²) in [6, 6.07) is 0.